The maximum atomic E-state index is 12.4. The van der Waals surface area contributed by atoms with Crippen LogP contribution in [0, 0.1) is 23.2 Å². The first-order chi connectivity index (χ1) is 13.2. The summed E-state index contributed by atoms with van der Waals surface area (Å²) in [5.41, 5.74) is -0.101. The predicted octanol–water partition coefficient (Wildman–Crippen LogP) is 1.72. The SMILES string of the molecule is CC(C)[C@H](NC(=O)Cc1ccccc1)C(=O)OCC(=O)N[C@](C)(C#N)C1CC1. The highest BCUT2D eigenvalue weighted by Gasteiger charge is 2.43. The lowest BCUT2D eigenvalue weighted by Gasteiger charge is -2.24. The Bertz CT molecular complexity index is 753. The van der Waals surface area contributed by atoms with Gasteiger partial charge in [-0.25, -0.2) is 4.79 Å². The van der Waals surface area contributed by atoms with Crippen molar-refractivity contribution in [2.45, 2.75) is 51.6 Å². The molecule has 7 heteroatoms. The van der Waals surface area contributed by atoms with Gasteiger partial charge in [0.15, 0.2) is 6.61 Å². The molecule has 0 unspecified atom stereocenters. The minimum absolute atomic E-state index is 0.137. The summed E-state index contributed by atoms with van der Waals surface area (Å²) < 4.78 is 5.09. The molecule has 1 aliphatic carbocycles. The minimum Gasteiger partial charge on any atom is -0.454 e. The van der Waals surface area contributed by atoms with Gasteiger partial charge in [-0.1, -0.05) is 44.2 Å². The van der Waals surface area contributed by atoms with Gasteiger partial charge in [-0.2, -0.15) is 5.26 Å². The van der Waals surface area contributed by atoms with Crippen molar-refractivity contribution in [3.63, 3.8) is 0 Å². The molecule has 2 amide bonds. The number of carbonyl (C=O) groups excluding carboxylic acids is 3. The smallest absolute Gasteiger partial charge is 0.329 e. The number of benzene rings is 1. The molecule has 1 aromatic rings. The van der Waals surface area contributed by atoms with Gasteiger partial charge in [-0.15, -0.1) is 0 Å². The van der Waals surface area contributed by atoms with Crippen LogP contribution in [0.4, 0.5) is 0 Å². The van der Waals surface area contributed by atoms with Crippen molar-refractivity contribution in [3.05, 3.63) is 35.9 Å². The number of ether oxygens (including phenoxy) is 1. The fourth-order valence-electron chi connectivity index (χ4n) is 2.94. The van der Waals surface area contributed by atoms with Crippen LogP contribution in [0.2, 0.25) is 0 Å². The fraction of sp³-hybridized carbons (Fsp3) is 0.524. The molecule has 2 rings (SSSR count). The Kier molecular flexibility index (Phi) is 7.16. The maximum absolute atomic E-state index is 12.4. The molecule has 150 valence electrons. The van der Waals surface area contributed by atoms with Crippen molar-refractivity contribution in [2.75, 3.05) is 6.61 Å². The number of amides is 2. The van der Waals surface area contributed by atoms with Gasteiger partial charge in [0.2, 0.25) is 5.91 Å². The lowest BCUT2D eigenvalue weighted by atomic mass is 9.98. The zero-order valence-corrected chi connectivity index (χ0v) is 16.5. The first-order valence-corrected chi connectivity index (χ1v) is 9.47. The molecule has 2 atom stereocenters. The van der Waals surface area contributed by atoms with Gasteiger partial charge >= 0.3 is 5.97 Å². The zero-order valence-electron chi connectivity index (χ0n) is 16.5. The summed E-state index contributed by atoms with van der Waals surface area (Å²) in [7, 11) is 0. The minimum atomic E-state index is -0.940. The summed E-state index contributed by atoms with van der Waals surface area (Å²) in [6, 6.07) is 10.5. The topological polar surface area (TPSA) is 108 Å². The van der Waals surface area contributed by atoms with Crippen LogP contribution < -0.4 is 10.6 Å². The molecular weight excluding hydrogens is 358 g/mol. The molecule has 1 aromatic carbocycles. The number of nitriles is 1. The molecule has 0 aliphatic heterocycles. The van der Waals surface area contributed by atoms with Crippen molar-refractivity contribution in [1.82, 2.24) is 10.6 Å². The first kappa shape index (κ1) is 21.4. The van der Waals surface area contributed by atoms with E-state index in [1.807, 2.05) is 30.3 Å². The Morgan fingerprint density at radius 2 is 1.86 bits per heavy atom. The zero-order chi connectivity index (χ0) is 20.7. The lowest BCUT2D eigenvalue weighted by Crippen LogP contribution is -2.50. The van der Waals surface area contributed by atoms with Gasteiger partial charge in [-0.05, 0) is 37.2 Å². The summed E-state index contributed by atoms with van der Waals surface area (Å²) in [6.45, 7) is 4.76. The number of nitrogens with one attached hydrogen (secondary N) is 2. The standard InChI is InChI=1S/C21H27N3O4/c1-14(2)19(23-17(25)11-15-7-5-4-6-8-15)20(27)28-12-18(26)24-21(3,13-22)16-9-10-16/h4-8,14,16,19H,9-12H2,1-3H3,(H,23,25)(H,24,26)/t19-,21+/m0/s1. The molecule has 0 heterocycles. The molecule has 0 radical (unpaired) electrons. The Morgan fingerprint density at radius 1 is 1.21 bits per heavy atom. The van der Waals surface area contributed by atoms with Crippen LogP contribution in [0.5, 0.6) is 0 Å². The van der Waals surface area contributed by atoms with Crippen LogP contribution in [-0.2, 0) is 25.5 Å². The Labute approximate surface area is 165 Å². The molecule has 1 fully saturated rings. The molecule has 0 spiro atoms. The number of nitrogens with zero attached hydrogens (tertiary/aromatic N) is 1. The molecule has 1 saturated carbocycles. The van der Waals surface area contributed by atoms with Crippen LogP contribution in [-0.4, -0.2) is 36.0 Å². The number of carbonyl (C=O) groups is 3. The second kappa shape index (κ2) is 9.36. The molecule has 0 aromatic heterocycles. The Morgan fingerprint density at radius 3 is 2.39 bits per heavy atom. The van der Waals surface area contributed by atoms with Crippen LogP contribution in [0.25, 0.3) is 0 Å². The second-order valence-corrected chi connectivity index (χ2v) is 7.70. The van der Waals surface area contributed by atoms with Crippen molar-refractivity contribution >= 4 is 17.8 Å². The molecular formula is C21H27N3O4. The van der Waals surface area contributed by atoms with Crippen molar-refractivity contribution in [1.29, 1.82) is 5.26 Å². The number of hydrogen-bond donors (Lipinski definition) is 2. The number of esters is 1. The molecule has 2 N–H and O–H groups in total. The molecule has 0 saturated heterocycles. The summed E-state index contributed by atoms with van der Waals surface area (Å²) in [6.07, 6.45) is 1.94. The Hall–Kier alpha value is -2.88. The van der Waals surface area contributed by atoms with Crippen molar-refractivity contribution in [2.24, 2.45) is 11.8 Å². The van der Waals surface area contributed by atoms with Crippen molar-refractivity contribution < 1.29 is 19.1 Å². The van der Waals surface area contributed by atoms with E-state index >= 15 is 0 Å². The van der Waals surface area contributed by atoms with E-state index in [0.717, 1.165) is 18.4 Å². The van der Waals surface area contributed by atoms with Gasteiger partial charge in [0.1, 0.15) is 11.6 Å². The van der Waals surface area contributed by atoms with Gasteiger partial charge in [0, 0.05) is 0 Å². The van der Waals surface area contributed by atoms with Crippen LogP contribution >= 0.6 is 0 Å². The number of rotatable bonds is 9. The third-order valence-corrected chi connectivity index (χ3v) is 4.82. The van der Waals surface area contributed by atoms with Gasteiger partial charge in [0.05, 0.1) is 12.5 Å². The maximum Gasteiger partial charge on any atom is 0.329 e. The lowest BCUT2D eigenvalue weighted by molar-refractivity contribution is -0.153. The highest BCUT2D eigenvalue weighted by molar-refractivity contribution is 5.87. The molecule has 28 heavy (non-hydrogen) atoms. The van der Waals surface area contributed by atoms with E-state index in [1.54, 1.807) is 20.8 Å². The summed E-state index contributed by atoms with van der Waals surface area (Å²) >= 11 is 0. The highest BCUT2D eigenvalue weighted by atomic mass is 16.5. The van der Waals surface area contributed by atoms with E-state index in [0.29, 0.717) is 0 Å². The highest BCUT2D eigenvalue weighted by Crippen LogP contribution is 2.39. The van der Waals surface area contributed by atoms with E-state index in [-0.39, 0.29) is 24.2 Å². The third-order valence-electron chi connectivity index (χ3n) is 4.82. The second-order valence-electron chi connectivity index (χ2n) is 7.70. The first-order valence-electron chi connectivity index (χ1n) is 9.47. The predicted molar refractivity (Wildman–Crippen MR) is 103 cm³/mol. The van der Waals surface area contributed by atoms with E-state index in [4.69, 9.17) is 4.74 Å². The van der Waals surface area contributed by atoms with Crippen LogP contribution in [0.3, 0.4) is 0 Å². The van der Waals surface area contributed by atoms with E-state index < -0.39 is 30.1 Å². The van der Waals surface area contributed by atoms with Crippen LogP contribution in [0.15, 0.2) is 30.3 Å². The normalized spacial score (nSPS) is 16.4. The molecule has 0 bridgehead atoms. The van der Waals surface area contributed by atoms with E-state index in [2.05, 4.69) is 16.7 Å². The average Bonchev–Trinajstić information content (AvgIpc) is 3.50. The molecule has 7 nitrogen and oxygen atoms in total. The van der Waals surface area contributed by atoms with E-state index in [9.17, 15) is 19.6 Å². The average molecular weight is 385 g/mol. The Balaban J connectivity index is 1.85. The van der Waals surface area contributed by atoms with Crippen molar-refractivity contribution in [3.8, 4) is 6.07 Å². The number of hydrogen-bond acceptors (Lipinski definition) is 5. The summed E-state index contributed by atoms with van der Waals surface area (Å²) in [5.74, 6) is -1.56. The fourth-order valence-corrected chi connectivity index (χ4v) is 2.94. The monoisotopic (exact) mass is 385 g/mol. The van der Waals surface area contributed by atoms with Gasteiger partial charge < -0.3 is 15.4 Å². The van der Waals surface area contributed by atoms with Crippen LogP contribution in [0.1, 0.15) is 39.2 Å². The summed E-state index contributed by atoms with van der Waals surface area (Å²) in [5, 5.41) is 14.6. The molecule has 1 aliphatic rings. The van der Waals surface area contributed by atoms with Gasteiger partial charge in [0.25, 0.3) is 5.91 Å². The summed E-state index contributed by atoms with van der Waals surface area (Å²) in [4.78, 5) is 36.7. The largest absolute Gasteiger partial charge is 0.454 e. The van der Waals surface area contributed by atoms with Gasteiger partial charge in [-0.3, -0.25) is 9.59 Å². The third kappa shape index (κ3) is 6.08. The van der Waals surface area contributed by atoms with E-state index in [1.165, 1.54) is 0 Å². The quantitative estimate of drug-likeness (QED) is 0.629.